The Balaban J connectivity index is 1.50. The number of hydrogen-bond donors (Lipinski definition) is 0. The number of carbonyl (C=O) groups is 1. The lowest BCUT2D eigenvalue weighted by molar-refractivity contribution is -0.134. The fraction of sp³-hybridized carbons (Fsp3) is 0.364. The number of rotatable bonds is 5. The first-order chi connectivity index (χ1) is 13.8. The standard InChI is InChI=1S/C22H24N4O2/c27-20(11-10-17-7-3-1-4-8-17)26-16-6-2-5-9-19(26)22-24-21(25-28-22)18-12-14-23-15-13-18/h1,3-4,7-8,12-15,19H,2,5-6,9-11,16H2. The maximum absolute atomic E-state index is 13.0. The number of likely N-dealkylation sites (tertiary alicyclic amines) is 1. The van der Waals surface area contributed by atoms with Gasteiger partial charge < -0.3 is 9.42 Å². The van der Waals surface area contributed by atoms with Crippen molar-refractivity contribution in [2.24, 2.45) is 0 Å². The molecule has 144 valence electrons. The predicted molar refractivity (Wildman–Crippen MR) is 105 cm³/mol. The van der Waals surface area contributed by atoms with E-state index in [0.717, 1.165) is 44.2 Å². The molecule has 6 heteroatoms. The van der Waals surface area contributed by atoms with E-state index in [0.29, 0.717) is 18.1 Å². The van der Waals surface area contributed by atoms with Gasteiger partial charge in [0.2, 0.25) is 17.6 Å². The van der Waals surface area contributed by atoms with Gasteiger partial charge in [0.1, 0.15) is 6.04 Å². The van der Waals surface area contributed by atoms with Crippen molar-refractivity contribution < 1.29 is 9.32 Å². The van der Waals surface area contributed by atoms with Gasteiger partial charge in [-0.25, -0.2) is 0 Å². The van der Waals surface area contributed by atoms with Gasteiger partial charge in [-0.05, 0) is 37.0 Å². The number of nitrogens with zero attached hydrogens (tertiary/aromatic N) is 4. The lowest BCUT2D eigenvalue weighted by atomic mass is 10.1. The molecule has 1 unspecified atom stereocenters. The van der Waals surface area contributed by atoms with Crippen LogP contribution in [0, 0.1) is 0 Å². The van der Waals surface area contributed by atoms with E-state index in [4.69, 9.17) is 4.52 Å². The molecule has 1 fully saturated rings. The molecular weight excluding hydrogens is 352 g/mol. The van der Waals surface area contributed by atoms with Crippen LogP contribution >= 0.6 is 0 Å². The Morgan fingerprint density at radius 2 is 1.89 bits per heavy atom. The zero-order chi connectivity index (χ0) is 19.2. The molecule has 1 aliphatic heterocycles. The maximum atomic E-state index is 13.0. The Morgan fingerprint density at radius 1 is 1.07 bits per heavy atom. The van der Waals surface area contributed by atoms with Crippen molar-refractivity contribution in [2.45, 2.75) is 44.6 Å². The van der Waals surface area contributed by atoms with E-state index in [-0.39, 0.29) is 11.9 Å². The van der Waals surface area contributed by atoms with Gasteiger partial charge in [-0.1, -0.05) is 48.3 Å². The van der Waals surface area contributed by atoms with E-state index >= 15 is 0 Å². The van der Waals surface area contributed by atoms with Crippen LogP contribution < -0.4 is 0 Å². The number of amides is 1. The molecule has 1 amide bonds. The average Bonchev–Trinajstić information content (AvgIpc) is 3.11. The van der Waals surface area contributed by atoms with Crippen molar-refractivity contribution in [1.29, 1.82) is 0 Å². The molecule has 28 heavy (non-hydrogen) atoms. The zero-order valence-corrected chi connectivity index (χ0v) is 15.8. The second kappa shape index (κ2) is 8.78. The fourth-order valence-electron chi connectivity index (χ4n) is 3.69. The van der Waals surface area contributed by atoms with Crippen LogP contribution in [0.25, 0.3) is 11.4 Å². The molecule has 2 aromatic heterocycles. The normalized spacial score (nSPS) is 17.3. The van der Waals surface area contributed by atoms with Crippen LogP contribution in [0.3, 0.4) is 0 Å². The molecule has 1 atom stereocenters. The Hall–Kier alpha value is -3.02. The fourth-order valence-corrected chi connectivity index (χ4v) is 3.69. The molecule has 6 nitrogen and oxygen atoms in total. The Morgan fingerprint density at radius 3 is 2.71 bits per heavy atom. The first-order valence-electron chi connectivity index (χ1n) is 9.88. The Kier molecular flexibility index (Phi) is 5.75. The van der Waals surface area contributed by atoms with E-state index < -0.39 is 0 Å². The summed E-state index contributed by atoms with van der Waals surface area (Å²) >= 11 is 0. The van der Waals surface area contributed by atoms with E-state index in [1.54, 1.807) is 12.4 Å². The van der Waals surface area contributed by atoms with Crippen LogP contribution in [0.1, 0.15) is 49.6 Å². The highest BCUT2D eigenvalue weighted by Gasteiger charge is 2.30. The summed E-state index contributed by atoms with van der Waals surface area (Å²) < 4.78 is 5.58. The second-order valence-electron chi connectivity index (χ2n) is 7.13. The third kappa shape index (κ3) is 4.27. The highest BCUT2D eigenvalue weighted by Crippen LogP contribution is 2.31. The summed E-state index contributed by atoms with van der Waals surface area (Å²) in [5.41, 5.74) is 2.04. The summed E-state index contributed by atoms with van der Waals surface area (Å²) in [6.07, 6.45) is 8.69. The SMILES string of the molecule is O=C(CCc1ccccc1)N1CCCCCC1c1nc(-c2ccncc2)no1. The van der Waals surface area contributed by atoms with Crippen LogP contribution in [0.15, 0.2) is 59.4 Å². The van der Waals surface area contributed by atoms with Crippen LogP contribution in [0.5, 0.6) is 0 Å². The van der Waals surface area contributed by atoms with E-state index in [1.807, 2.05) is 35.2 Å². The van der Waals surface area contributed by atoms with Crippen molar-refractivity contribution >= 4 is 5.91 Å². The summed E-state index contributed by atoms with van der Waals surface area (Å²) in [4.78, 5) is 23.6. The van der Waals surface area contributed by atoms with Crippen molar-refractivity contribution in [3.05, 3.63) is 66.3 Å². The minimum atomic E-state index is -0.145. The summed E-state index contributed by atoms with van der Waals surface area (Å²) in [6, 6.07) is 13.7. The lowest BCUT2D eigenvalue weighted by Crippen LogP contribution is -2.35. The average molecular weight is 376 g/mol. The minimum Gasteiger partial charge on any atom is -0.337 e. The van der Waals surface area contributed by atoms with Crippen LogP contribution in [-0.4, -0.2) is 32.5 Å². The van der Waals surface area contributed by atoms with Gasteiger partial charge >= 0.3 is 0 Å². The minimum absolute atomic E-state index is 0.145. The zero-order valence-electron chi connectivity index (χ0n) is 15.8. The Labute approximate surface area is 164 Å². The van der Waals surface area contributed by atoms with Gasteiger partial charge in [0, 0.05) is 30.9 Å². The van der Waals surface area contributed by atoms with E-state index in [2.05, 4.69) is 27.3 Å². The van der Waals surface area contributed by atoms with Crippen molar-refractivity contribution in [3.8, 4) is 11.4 Å². The molecule has 0 aliphatic carbocycles. The molecule has 1 aromatic carbocycles. The highest BCUT2D eigenvalue weighted by atomic mass is 16.5. The summed E-state index contributed by atoms with van der Waals surface area (Å²) in [6.45, 7) is 0.741. The monoisotopic (exact) mass is 376 g/mol. The topological polar surface area (TPSA) is 72.1 Å². The first-order valence-corrected chi connectivity index (χ1v) is 9.88. The summed E-state index contributed by atoms with van der Waals surface area (Å²) in [5.74, 6) is 1.22. The molecule has 0 bridgehead atoms. The van der Waals surface area contributed by atoms with Crippen LogP contribution in [0.2, 0.25) is 0 Å². The third-order valence-corrected chi connectivity index (χ3v) is 5.21. The van der Waals surface area contributed by atoms with Gasteiger partial charge in [0.25, 0.3) is 0 Å². The molecule has 3 heterocycles. The number of carbonyl (C=O) groups excluding carboxylic acids is 1. The van der Waals surface area contributed by atoms with Gasteiger partial charge in [0.05, 0.1) is 0 Å². The largest absolute Gasteiger partial charge is 0.337 e. The van der Waals surface area contributed by atoms with Crippen LogP contribution in [-0.2, 0) is 11.2 Å². The summed E-state index contributed by atoms with van der Waals surface area (Å²) in [7, 11) is 0. The Bertz CT molecular complexity index is 895. The number of pyridine rings is 1. The molecular formula is C22H24N4O2. The lowest BCUT2D eigenvalue weighted by Gasteiger charge is -2.27. The second-order valence-corrected chi connectivity index (χ2v) is 7.13. The van der Waals surface area contributed by atoms with Crippen molar-refractivity contribution in [1.82, 2.24) is 20.0 Å². The number of benzene rings is 1. The molecule has 0 spiro atoms. The molecule has 0 saturated carbocycles. The molecule has 0 radical (unpaired) electrons. The van der Waals surface area contributed by atoms with Crippen molar-refractivity contribution in [3.63, 3.8) is 0 Å². The summed E-state index contributed by atoms with van der Waals surface area (Å²) in [5, 5.41) is 4.13. The quantitative estimate of drug-likeness (QED) is 0.667. The molecule has 0 N–H and O–H groups in total. The molecule has 1 saturated heterocycles. The van der Waals surface area contributed by atoms with E-state index in [9.17, 15) is 4.79 Å². The number of aryl methyl sites for hydroxylation is 1. The van der Waals surface area contributed by atoms with Gasteiger partial charge in [0.15, 0.2) is 0 Å². The first kappa shape index (κ1) is 18.3. The van der Waals surface area contributed by atoms with Gasteiger partial charge in [-0.3, -0.25) is 9.78 Å². The predicted octanol–water partition coefficient (Wildman–Crippen LogP) is 4.21. The van der Waals surface area contributed by atoms with Gasteiger partial charge in [-0.15, -0.1) is 0 Å². The third-order valence-electron chi connectivity index (χ3n) is 5.21. The molecule has 1 aliphatic rings. The molecule has 4 rings (SSSR count). The smallest absolute Gasteiger partial charge is 0.249 e. The van der Waals surface area contributed by atoms with Gasteiger partial charge in [-0.2, -0.15) is 4.98 Å². The number of aromatic nitrogens is 3. The van der Waals surface area contributed by atoms with E-state index in [1.165, 1.54) is 5.56 Å². The highest BCUT2D eigenvalue weighted by molar-refractivity contribution is 5.77. The van der Waals surface area contributed by atoms with Crippen LogP contribution in [0.4, 0.5) is 0 Å². The maximum Gasteiger partial charge on any atom is 0.249 e. The van der Waals surface area contributed by atoms with Crippen molar-refractivity contribution in [2.75, 3.05) is 6.54 Å². The number of hydrogen-bond acceptors (Lipinski definition) is 5. The molecule has 3 aromatic rings.